The molecule has 2 heteroatoms. The van der Waals surface area contributed by atoms with Gasteiger partial charge in [-0.05, 0) is 55.0 Å². The van der Waals surface area contributed by atoms with Crippen molar-refractivity contribution in [1.82, 2.24) is 4.90 Å². The highest BCUT2D eigenvalue weighted by atomic mass is 16.5. The molecule has 130 valence electrons. The van der Waals surface area contributed by atoms with Gasteiger partial charge in [0.15, 0.2) is 0 Å². The Morgan fingerprint density at radius 3 is 2.40 bits per heavy atom. The van der Waals surface area contributed by atoms with Crippen LogP contribution in [0.25, 0.3) is 5.57 Å². The zero-order valence-corrected chi connectivity index (χ0v) is 15.5. The number of hydrogen-bond acceptors (Lipinski definition) is 2. The molecule has 2 aromatic rings. The van der Waals surface area contributed by atoms with Crippen molar-refractivity contribution in [3.8, 4) is 0 Å². The molecule has 2 aliphatic heterocycles. The Hall–Kier alpha value is -1.90. The molecule has 0 amide bonds. The second-order valence-corrected chi connectivity index (χ2v) is 7.59. The van der Waals surface area contributed by atoms with Gasteiger partial charge < -0.3 is 4.74 Å². The van der Waals surface area contributed by atoms with Gasteiger partial charge in [0.25, 0.3) is 0 Å². The molecule has 2 heterocycles. The molecule has 2 unspecified atom stereocenters. The maximum atomic E-state index is 5.88. The van der Waals surface area contributed by atoms with Crippen LogP contribution in [-0.2, 0) is 11.3 Å². The maximum Gasteiger partial charge on any atom is 0.0658 e. The van der Waals surface area contributed by atoms with E-state index >= 15 is 0 Å². The molecule has 25 heavy (non-hydrogen) atoms. The van der Waals surface area contributed by atoms with Crippen LogP contribution in [-0.4, -0.2) is 30.2 Å². The number of fused-ring (bicyclic) bond motifs is 2. The quantitative estimate of drug-likeness (QED) is 0.809. The summed E-state index contributed by atoms with van der Waals surface area (Å²) in [6.07, 6.45) is 3.54. The molecule has 2 nitrogen and oxygen atoms in total. The predicted molar refractivity (Wildman–Crippen MR) is 104 cm³/mol. The van der Waals surface area contributed by atoms with Crippen LogP contribution in [0.4, 0.5) is 0 Å². The lowest BCUT2D eigenvalue weighted by Crippen LogP contribution is -2.53. The fourth-order valence-corrected chi connectivity index (χ4v) is 4.57. The molecule has 0 radical (unpaired) electrons. The van der Waals surface area contributed by atoms with Crippen LogP contribution in [0.5, 0.6) is 0 Å². The van der Waals surface area contributed by atoms with Gasteiger partial charge in [-0.2, -0.15) is 0 Å². The van der Waals surface area contributed by atoms with E-state index in [1.807, 2.05) is 0 Å². The fourth-order valence-electron chi connectivity index (χ4n) is 4.57. The van der Waals surface area contributed by atoms with Crippen molar-refractivity contribution in [2.75, 3.05) is 13.2 Å². The highest BCUT2D eigenvalue weighted by Gasteiger charge is 2.35. The number of hydrogen-bond donors (Lipinski definition) is 0. The van der Waals surface area contributed by atoms with E-state index in [9.17, 15) is 0 Å². The molecule has 2 aromatic carbocycles. The summed E-state index contributed by atoms with van der Waals surface area (Å²) >= 11 is 0. The Labute approximate surface area is 151 Å². The van der Waals surface area contributed by atoms with Gasteiger partial charge in [0.2, 0.25) is 0 Å². The molecule has 0 spiro atoms. The summed E-state index contributed by atoms with van der Waals surface area (Å²) in [5.74, 6) is 0. The first kappa shape index (κ1) is 16.6. The van der Waals surface area contributed by atoms with E-state index in [1.54, 1.807) is 0 Å². The van der Waals surface area contributed by atoms with Gasteiger partial charge in [0.1, 0.15) is 0 Å². The van der Waals surface area contributed by atoms with E-state index < -0.39 is 0 Å². The molecule has 2 aliphatic rings. The van der Waals surface area contributed by atoms with E-state index in [4.69, 9.17) is 4.74 Å². The molecular formula is C23H27NO. The minimum Gasteiger partial charge on any atom is -0.378 e. The van der Waals surface area contributed by atoms with Crippen LogP contribution in [0.1, 0.15) is 34.2 Å². The third-order valence-corrected chi connectivity index (χ3v) is 5.55. The summed E-state index contributed by atoms with van der Waals surface area (Å²) in [5.41, 5.74) is 8.52. The molecule has 0 saturated carbocycles. The zero-order valence-electron chi connectivity index (χ0n) is 15.5. The summed E-state index contributed by atoms with van der Waals surface area (Å²) < 4.78 is 5.88. The molecule has 1 saturated heterocycles. The molecule has 1 fully saturated rings. The first-order chi connectivity index (χ1) is 12.1. The summed E-state index contributed by atoms with van der Waals surface area (Å²) in [7, 11) is 0. The molecule has 2 atom stereocenters. The Morgan fingerprint density at radius 1 is 1.00 bits per heavy atom. The van der Waals surface area contributed by atoms with Gasteiger partial charge in [-0.15, -0.1) is 0 Å². The van der Waals surface area contributed by atoms with Crippen molar-refractivity contribution >= 4 is 5.57 Å². The first-order valence-corrected chi connectivity index (χ1v) is 9.28. The number of morpholine rings is 1. The van der Waals surface area contributed by atoms with Gasteiger partial charge in [-0.3, -0.25) is 4.90 Å². The topological polar surface area (TPSA) is 12.5 Å². The number of rotatable bonds is 3. The highest BCUT2D eigenvalue weighted by Crippen LogP contribution is 2.36. The molecule has 0 aromatic heterocycles. The smallest absolute Gasteiger partial charge is 0.0658 e. The van der Waals surface area contributed by atoms with E-state index in [0.29, 0.717) is 12.1 Å². The maximum absolute atomic E-state index is 5.88. The lowest BCUT2D eigenvalue weighted by Gasteiger charge is -2.45. The molecule has 4 rings (SSSR count). The van der Waals surface area contributed by atoms with Gasteiger partial charge in [0, 0.05) is 12.6 Å². The van der Waals surface area contributed by atoms with E-state index in [-0.39, 0.29) is 0 Å². The van der Waals surface area contributed by atoms with Crippen molar-refractivity contribution in [1.29, 1.82) is 0 Å². The van der Waals surface area contributed by atoms with E-state index in [0.717, 1.165) is 26.2 Å². The normalized spacial score (nSPS) is 23.4. The molecule has 0 N–H and O–H groups in total. The van der Waals surface area contributed by atoms with Crippen molar-refractivity contribution in [3.05, 3.63) is 76.4 Å². The number of aryl methyl sites for hydroxylation is 3. The first-order valence-electron chi connectivity index (χ1n) is 9.28. The van der Waals surface area contributed by atoms with Crippen LogP contribution >= 0.6 is 0 Å². The van der Waals surface area contributed by atoms with Crippen LogP contribution in [0.2, 0.25) is 0 Å². The second-order valence-electron chi connectivity index (χ2n) is 7.59. The van der Waals surface area contributed by atoms with Crippen LogP contribution < -0.4 is 0 Å². The van der Waals surface area contributed by atoms with Gasteiger partial charge in [-0.1, -0.05) is 54.1 Å². The van der Waals surface area contributed by atoms with Crippen LogP contribution in [0, 0.1) is 20.8 Å². The van der Waals surface area contributed by atoms with Crippen molar-refractivity contribution in [2.45, 2.75) is 45.8 Å². The Balaban J connectivity index is 1.66. The molecule has 2 bridgehead atoms. The van der Waals surface area contributed by atoms with E-state index in [2.05, 4.69) is 74.2 Å². The van der Waals surface area contributed by atoms with Crippen molar-refractivity contribution < 1.29 is 4.74 Å². The summed E-state index contributed by atoms with van der Waals surface area (Å²) in [6, 6.07) is 16.3. The molecule has 0 aliphatic carbocycles. The van der Waals surface area contributed by atoms with Gasteiger partial charge in [-0.25, -0.2) is 0 Å². The number of ether oxygens (including phenoxy) is 1. The van der Waals surface area contributed by atoms with E-state index in [1.165, 1.54) is 33.4 Å². The minimum absolute atomic E-state index is 0.378. The average molecular weight is 333 g/mol. The Morgan fingerprint density at radius 2 is 1.72 bits per heavy atom. The number of nitrogens with zero attached hydrogens (tertiary/aromatic N) is 1. The van der Waals surface area contributed by atoms with Gasteiger partial charge in [0.05, 0.1) is 19.3 Å². The zero-order chi connectivity index (χ0) is 17.4. The highest BCUT2D eigenvalue weighted by molar-refractivity contribution is 5.73. The lowest BCUT2D eigenvalue weighted by molar-refractivity contribution is -0.0402. The Bertz CT molecular complexity index is 770. The summed E-state index contributed by atoms with van der Waals surface area (Å²) in [4.78, 5) is 2.63. The third-order valence-electron chi connectivity index (χ3n) is 5.55. The number of benzene rings is 2. The predicted octanol–water partition coefficient (Wildman–Crippen LogP) is 4.67. The molecular weight excluding hydrogens is 306 g/mol. The van der Waals surface area contributed by atoms with Crippen molar-refractivity contribution in [3.63, 3.8) is 0 Å². The fraction of sp³-hybridized carbons (Fsp3) is 0.391. The van der Waals surface area contributed by atoms with Gasteiger partial charge >= 0.3 is 0 Å². The second kappa shape index (κ2) is 6.78. The summed E-state index contributed by atoms with van der Waals surface area (Å²) in [6.45, 7) is 9.33. The van der Waals surface area contributed by atoms with Crippen LogP contribution in [0.15, 0.2) is 48.5 Å². The summed E-state index contributed by atoms with van der Waals surface area (Å²) in [5, 5.41) is 0. The third kappa shape index (κ3) is 3.29. The van der Waals surface area contributed by atoms with Crippen LogP contribution in [0.3, 0.4) is 0 Å². The standard InChI is InChI=1S/C23H27NO/c1-16-9-17(2)23(18(3)10-16)20-11-21-14-25-15-22(12-20)24(21)13-19-7-5-4-6-8-19/h4-11,21-22H,12-15H2,1-3H3. The lowest BCUT2D eigenvalue weighted by atomic mass is 9.85. The SMILES string of the molecule is Cc1cc(C)c(C2=CC3COCC(C2)N3Cc2ccccc2)c(C)c1. The van der Waals surface area contributed by atoms with Crippen molar-refractivity contribution in [2.24, 2.45) is 0 Å². The largest absolute Gasteiger partial charge is 0.378 e. The minimum atomic E-state index is 0.378. The monoisotopic (exact) mass is 333 g/mol. The average Bonchev–Trinajstić information content (AvgIpc) is 2.55. The Kier molecular flexibility index (Phi) is 4.49.